The van der Waals surface area contributed by atoms with Gasteiger partial charge in [0, 0.05) is 22.6 Å². The number of rotatable bonds is 3. The van der Waals surface area contributed by atoms with Crippen LogP contribution >= 0.6 is 11.3 Å². The first kappa shape index (κ1) is 18.8. The molecule has 4 nitrogen and oxygen atoms in total. The van der Waals surface area contributed by atoms with Gasteiger partial charge < -0.3 is 5.32 Å². The maximum Gasteiger partial charge on any atom is 0.233 e. The molecule has 1 aliphatic carbocycles. The molecule has 0 saturated carbocycles. The van der Waals surface area contributed by atoms with Crippen LogP contribution in [0.4, 0.5) is 11.4 Å². The largest absolute Gasteiger partial charge is 0.357 e. The Morgan fingerprint density at radius 3 is 2.60 bits per heavy atom. The fourth-order valence-electron chi connectivity index (χ4n) is 4.41. The number of carbonyl (C=O) groups is 2. The molecule has 0 bridgehead atoms. The summed E-state index contributed by atoms with van der Waals surface area (Å²) in [5.74, 6) is 0.118. The third-order valence-corrected chi connectivity index (χ3v) is 6.60. The van der Waals surface area contributed by atoms with Crippen LogP contribution in [0.3, 0.4) is 0 Å². The van der Waals surface area contributed by atoms with E-state index in [1.54, 1.807) is 11.3 Å². The summed E-state index contributed by atoms with van der Waals surface area (Å²) < 4.78 is 0. The van der Waals surface area contributed by atoms with Crippen molar-refractivity contribution in [2.24, 2.45) is 0 Å². The lowest BCUT2D eigenvalue weighted by molar-refractivity contribution is -0.118. The number of amides is 1. The van der Waals surface area contributed by atoms with Crippen molar-refractivity contribution < 1.29 is 9.59 Å². The van der Waals surface area contributed by atoms with E-state index in [1.165, 1.54) is 0 Å². The van der Waals surface area contributed by atoms with Gasteiger partial charge in [0.2, 0.25) is 5.91 Å². The Morgan fingerprint density at radius 1 is 1.00 bits per heavy atom. The minimum Gasteiger partial charge on any atom is -0.357 e. The molecular weight excluding hydrogens is 392 g/mol. The molecule has 5 rings (SSSR count). The summed E-state index contributed by atoms with van der Waals surface area (Å²) in [6, 6.07) is 21.3. The van der Waals surface area contributed by atoms with Crippen LogP contribution < -0.4 is 10.2 Å². The number of hydrogen-bond acceptors (Lipinski definition) is 4. The standard InChI is InChI=1S/C25H22N2O2S/c28-22-14-6-12-20-24(22)25(17-8-2-1-3-9-17)27(21-13-5-4-11-19(21)26-20)23(29)16-18-10-7-15-30-18/h1-5,7-11,13,15,25-26H,6,12,14,16H2. The van der Waals surface area contributed by atoms with Crippen LogP contribution in [0.25, 0.3) is 0 Å². The van der Waals surface area contributed by atoms with Crippen molar-refractivity contribution in [3.63, 3.8) is 0 Å². The second-order valence-electron chi connectivity index (χ2n) is 7.64. The number of carbonyl (C=O) groups excluding carboxylic acids is 2. The van der Waals surface area contributed by atoms with Gasteiger partial charge in [-0.1, -0.05) is 48.5 Å². The summed E-state index contributed by atoms with van der Waals surface area (Å²) in [6.45, 7) is 0. The molecule has 0 spiro atoms. The van der Waals surface area contributed by atoms with Crippen LogP contribution in [-0.4, -0.2) is 11.7 Å². The highest BCUT2D eigenvalue weighted by Crippen LogP contribution is 2.45. The SMILES string of the molecule is O=C1CCCC2=C1C(c1ccccc1)N(C(=O)Cc1cccs1)c1ccccc1N2. The first-order valence-corrected chi connectivity index (χ1v) is 11.1. The Labute approximate surface area is 179 Å². The van der Waals surface area contributed by atoms with Crippen molar-refractivity contribution in [3.05, 3.63) is 93.8 Å². The van der Waals surface area contributed by atoms with Gasteiger partial charge in [-0.2, -0.15) is 0 Å². The van der Waals surface area contributed by atoms with E-state index in [9.17, 15) is 9.59 Å². The lowest BCUT2D eigenvalue weighted by atomic mass is 9.85. The number of benzene rings is 2. The number of nitrogens with zero attached hydrogens (tertiary/aromatic N) is 1. The van der Waals surface area contributed by atoms with Crippen LogP contribution in [0, 0.1) is 0 Å². The highest BCUT2D eigenvalue weighted by Gasteiger charge is 2.39. The van der Waals surface area contributed by atoms with E-state index >= 15 is 0 Å². The quantitative estimate of drug-likeness (QED) is 0.616. The summed E-state index contributed by atoms with van der Waals surface area (Å²) >= 11 is 1.58. The number of fused-ring (bicyclic) bond motifs is 1. The van der Waals surface area contributed by atoms with Gasteiger partial charge in [-0.05, 0) is 42.0 Å². The van der Waals surface area contributed by atoms with Gasteiger partial charge in [-0.25, -0.2) is 0 Å². The zero-order valence-corrected chi connectivity index (χ0v) is 17.3. The highest BCUT2D eigenvalue weighted by atomic mass is 32.1. The smallest absolute Gasteiger partial charge is 0.233 e. The number of ketones is 1. The van der Waals surface area contributed by atoms with Gasteiger partial charge in [0.15, 0.2) is 5.78 Å². The average molecular weight is 415 g/mol. The topological polar surface area (TPSA) is 49.4 Å². The second kappa shape index (κ2) is 7.92. The maximum absolute atomic E-state index is 13.7. The number of allylic oxidation sites excluding steroid dienone is 1. The summed E-state index contributed by atoms with van der Waals surface area (Å²) in [5, 5.41) is 5.49. The maximum atomic E-state index is 13.7. The normalized spacial score (nSPS) is 18.3. The minimum atomic E-state index is -0.433. The fraction of sp³-hybridized carbons (Fsp3) is 0.200. The number of thiophene rings is 1. The molecule has 150 valence electrons. The molecule has 1 aliphatic heterocycles. The lowest BCUT2D eigenvalue weighted by Crippen LogP contribution is -2.38. The molecule has 2 aliphatic rings. The molecule has 0 saturated heterocycles. The van der Waals surface area contributed by atoms with Gasteiger partial charge >= 0.3 is 0 Å². The Hall–Kier alpha value is -3.18. The number of anilines is 2. The Bertz CT molecular complexity index is 1120. The molecule has 0 radical (unpaired) electrons. The monoisotopic (exact) mass is 414 g/mol. The zero-order chi connectivity index (χ0) is 20.5. The van der Waals surface area contributed by atoms with E-state index in [0.29, 0.717) is 12.8 Å². The molecule has 1 atom stereocenters. The third kappa shape index (κ3) is 3.35. The number of hydrogen-bond donors (Lipinski definition) is 1. The molecule has 1 aromatic heterocycles. The van der Waals surface area contributed by atoms with E-state index < -0.39 is 6.04 Å². The predicted molar refractivity (Wildman–Crippen MR) is 121 cm³/mol. The second-order valence-corrected chi connectivity index (χ2v) is 8.68. The Kier molecular flexibility index (Phi) is 4.97. The summed E-state index contributed by atoms with van der Waals surface area (Å²) in [6.07, 6.45) is 2.47. The van der Waals surface area contributed by atoms with E-state index in [-0.39, 0.29) is 11.7 Å². The van der Waals surface area contributed by atoms with E-state index in [4.69, 9.17) is 0 Å². The van der Waals surface area contributed by atoms with Crippen molar-refractivity contribution in [3.8, 4) is 0 Å². The molecule has 1 N–H and O–H groups in total. The van der Waals surface area contributed by atoms with Gasteiger partial charge in [0.1, 0.15) is 0 Å². The molecule has 1 unspecified atom stereocenters. The van der Waals surface area contributed by atoms with E-state index in [2.05, 4.69) is 5.32 Å². The predicted octanol–water partition coefficient (Wildman–Crippen LogP) is 5.50. The number of nitrogens with one attached hydrogen (secondary N) is 1. The summed E-state index contributed by atoms with van der Waals surface area (Å²) in [7, 11) is 0. The minimum absolute atomic E-state index is 0.00678. The van der Waals surface area contributed by atoms with Gasteiger partial charge in [-0.15, -0.1) is 11.3 Å². The molecule has 3 aromatic rings. The summed E-state index contributed by atoms with van der Waals surface area (Å²) in [5.41, 5.74) is 4.31. The molecule has 5 heteroatoms. The first-order chi connectivity index (χ1) is 14.7. The van der Waals surface area contributed by atoms with Crippen molar-refractivity contribution in [1.29, 1.82) is 0 Å². The van der Waals surface area contributed by atoms with Crippen LogP contribution in [0.1, 0.15) is 35.7 Å². The van der Waals surface area contributed by atoms with Crippen LogP contribution in [0.15, 0.2) is 83.4 Å². The lowest BCUT2D eigenvalue weighted by Gasteiger charge is -2.34. The first-order valence-electron chi connectivity index (χ1n) is 10.2. The molecular formula is C25H22N2O2S. The Morgan fingerprint density at radius 2 is 1.80 bits per heavy atom. The molecule has 0 fully saturated rings. The van der Waals surface area contributed by atoms with Gasteiger partial charge in [0.25, 0.3) is 0 Å². The molecule has 2 aromatic carbocycles. The summed E-state index contributed by atoms with van der Waals surface area (Å²) in [4.78, 5) is 29.7. The van der Waals surface area contributed by atoms with Crippen molar-refractivity contribution >= 4 is 34.4 Å². The molecule has 1 amide bonds. The van der Waals surface area contributed by atoms with Crippen molar-refractivity contribution in [1.82, 2.24) is 0 Å². The zero-order valence-electron chi connectivity index (χ0n) is 16.5. The van der Waals surface area contributed by atoms with Crippen LogP contribution in [0.5, 0.6) is 0 Å². The van der Waals surface area contributed by atoms with Crippen molar-refractivity contribution in [2.75, 3.05) is 10.2 Å². The van der Waals surface area contributed by atoms with Crippen LogP contribution in [0.2, 0.25) is 0 Å². The Balaban J connectivity index is 1.71. The number of para-hydroxylation sites is 2. The van der Waals surface area contributed by atoms with E-state index in [0.717, 1.165) is 45.9 Å². The van der Waals surface area contributed by atoms with Gasteiger partial charge in [0.05, 0.1) is 23.8 Å². The van der Waals surface area contributed by atoms with E-state index in [1.807, 2.05) is 77.0 Å². The fourth-order valence-corrected chi connectivity index (χ4v) is 5.10. The molecule has 2 heterocycles. The highest BCUT2D eigenvalue weighted by molar-refractivity contribution is 7.10. The van der Waals surface area contributed by atoms with Crippen molar-refractivity contribution in [2.45, 2.75) is 31.7 Å². The third-order valence-electron chi connectivity index (χ3n) is 5.73. The molecule has 30 heavy (non-hydrogen) atoms. The number of Topliss-reactive ketones (excluding diaryl/α,β-unsaturated/α-hetero) is 1. The van der Waals surface area contributed by atoms with Gasteiger partial charge in [-0.3, -0.25) is 14.5 Å². The van der Waals surface area contributed by atoms with Crippen LogP contribution in [-0.2, 0) is 16.0 Å². The average Bonchev–Trinajstić information content (AvgIpc) is 3.21.